The number of nitrogens with one attached hydrogen (secondary N) is 2. The Hall–Kier alpha value is -2.77. The van der Waals surface area contributed by atoms with Crippen LogP contribution in [0.1, 0.15) is 13.3 Å². The molecule has 1 unspecified atom stereocenters. The number of aliphatic carboxylic acids is 1. The van der Waals surface area contributed by atoms with Crippen molar-refractivity contribution in [1.29, 1.82) is 0 Å². The molecule has 8 nitrogen and oxygen atoms in total. The largest absolute Gasteiger partial charge is 0.480 e. The van der Waals surface area contributed by atoms with E-state index in [2.05, 4.69) is 10.6 Å². The zero-order valence-corrected chi connectivity index (χ0v) is 11.2. The fourth-order valence-corrected chi connectivity index (χ4v) is 1.79. The van der Waals surface area contributed by atoms with Crippen molar-refractivity contribution >= 4 is 23.5 Å². The zero-order valence-electron chi connectivity index (χ0n) is 11.2. The van der Waals surface area contributed by atoms with Gasteiger partial charge in [0.15, 0.2) is 11.5 Å². The highest BCUT2D eigenvalue weighted by Gasteiger charge is 2.22. The number of anilines is 1. The van der Waals surface area contributed by atoms with Crippen LogP contribution >= 0.6 is 0 Å². The van der Waals surface area contributed by atoms with E-state index in [0.717, 1.165) is 0 Å². The third kappa shape index (κ3) is 3.85. The molecule has 1 heterocycles. The lowest BCUT2D eigenvalue weighted by Crippen LogP contribution is -2.44. The molecule has 0 saturated carbocycles. The molecule has 8 heteroatoms. The predicted molar refractivity (Wildman–Crippen MR) is 71.4 cm³/mol. The summed E-state index contributed by atoms with van der Waals surface area (Å²) >= 11 is 0. The lowest BCUT2D eigenvalue weighted by atomic mass is 10.1. The van der Waals surface area contributed by atoms with Crippen LogP contribution in [0.15, 0.2) is 18.2 Å². The highest BCUT2D eigenvalue weighted by atomic mass is 16.7. The average Bonchev–Trinajstić information content (AvgIpc) is 2.84. The third-order valence-electron chi connectivity index (χ3n) is 2.73. The van der Waals surface area contributed by atoms with Crippen molar-refractivity contribution < 1.29 is 29.0 Å². The Morgan fingerprint density at radius 1 is 1.29 bits per heavy atom. The Bertz CT molecular complexity index is 586. The number of amides is 2. The molecule has 0 fully saturated rings. The monoisotopic (exact) mass is 294 g/mol. The van der Waals surface area contributed by atoms with E-state index in [-0.39, 0.29) is 19.0 Å². The summed E-state index contributed by atoms with van der Waals surface area (Å²) in [6, 6.07) is 2.79. The van der Waals surface area contributed by atoms with E-state index < -0.39 is 18.0 Å². The molecule has 1 aliphatic rings. The van der Waals surface area contributed by atoms with Crippen LogP contribution in [0.5, 0.6) is 11.5 Å². The van der Waals surface area contributed by atoms with Gasteiger partial charge in [0.1, 0.15) is 11.8 Å². The second-order valence-corrected chi connectivity index (χ2v) is 4.46. The maximum Gasteiger partial charge on any atom is 0.326 e. The highest BCUT2D eigenvalue weighted by Crippen LogP contribution is 2.34. The van der Waals surface area contributed by atoms with Crippen molar-refractivity contribution in [2.75, 3.05) is 12.1 Å². The number of Topliss-reactive ketones (excluding diaryl/α,β-unsaturated/α-hetero) is 1. The standard InChI is InChI=1S/C13H14N2O6/c1-7(16)4-9(12(17)18)15-13(19)14-8-2-3-10-11(5-8)21-6-20-10/h2-3,5,9H,4,6H2,1H3,(H,17,18)(H2,14,15,19). The molecular weight excluding hydrogens is 280 g/mol. The number of carbonyl (C=O) groups is 3. The quantitative estimate of drug-likeness (QED) is 0.745. The van der Waals surface area contributed by atoms with E-state index in [9.17, 15) is 14.4 Å². The second kappa shape index (κ2) is 6.12. The summed E-state index contributed by atoms with van der Waals surface area (Å²) in [4.78, 5) is 33.6. The van der Waals surface area contributed by atoms with Gasteiger partial charge in [0.05, 0.1) is 0 Å². The smallest absolute Gasteiger partial charge is 0.326 e. The number of rotatable bonds is 5. The molecule has 1 aromatic carbocycles. The van der Waals surface area contributed by atoms with Gasteiger partial charge >= 0.3 is 12.0 Å². The van der Waals surface area contributed by atoms with Gasteiger partial charge in [-0.1, -0.05) is 0 Å². The minimum Gasteiger partial charge on any atom is -0.480 e. The number of fused-ring (bicyclic) bond motifs is 1. The van der Waals surface area contributed by atoms with Crippen LogP contribution in [0.4, 0.5) is 10.5 Å². The van der Waals surface area contributed by atoms with Crippen molar-refractivity contribution in [2.45, 2.75) is 19.4 Å². The Morgan fingerprint density at radius 2 is 2.00 bits per heavy atom. The van der Waals surface area contributed by atoms with Crippen molar-refractivity contribution in [2.24, 2.45) is 0 Å². The van der Waals surface area contributed by atoms with Gasteiger partial charge in [-0.3, -0.25) is 4.79 Å². The van der Waals surface area contributed by atoms with Gasteiger partial charge in [0.2, 0.25) is 6.79 Å². The van der Waals surface area contributed by atoms with E-state index in [0.29, 0.717) is 17.2 Å². The molecule has 2 amide bonds. The molecule has 0 aromatic heterocycles. The molecular formula is C13H14N2O6. The molecule has 0 spiro atoms. The summed E-state index contributed by atoms with van der Waals surface area (Å²) < 4.78 is 10.3. The molecule has 0 radical (unpaired) electrons. The van der Waals surface area contributed by atoms with Crippen LogP contribution in [-0.4, -0.2) is 35.7 Å². The first-order valence-electron chi connectivity index (χ1n) is 6.15. The minimum atomic E-state index is -1.27. The number of benzene rings is 1. The van der Waals surface area contributed by atoms with Gasteiger partial charge in [-0.15, -0.1) is 0 Å². The van der Waals surface area contributed by atoms with Crippen LogP contribution in [0.2, 0.25) is 0 Å². The highest BCUT2D eigenvalue weighted by molar-refractivity contribution is 5.94. The number of carbonyl (C=O) groups excluding carboxylic acids is 2. The normalized spacial score (nSPS) is 13.4. The summed E-state index contributed by atoms with van der Waals surface area (Å²) in [5.41, 5.74) is 0.420. The van der Waals surface area contributed by atoms with Crippen LogP contribution in [0.3, 0.4) is 0 Å². The van der Waals surface area contributed by atoms with Gasteiger partial charge in [-0.25, -0.2) is 9.59 Å². The molecule has 1 atom stereocenters. The lowest BCUT2D eigenvalue weighted by Gasteiger charge is -2.14. The van der Waals surface area contributed by atoms with E-state index in [4.69, 9.17) is 14.6 Å². The van der Waals surface area contributed by atoms with Crippen LogP contribution < -0.4 is 20.1 Å². The fourth-order valence-electron chi connectivity index (χ4n) is 1.79. The number of urea groups is 1. The SMILES string of the molecule is CC(=O)CC(NC(=O)Nc1ccc2c(c1)OCO2)C(=O)O. The molecule has 1 aromatic rings. The average molecular weight is 294 g/mol. The number of carboxylic acid groups (broad SMARTS) is 1. The summed E-state index contributed by atoms with van der Waals surface area (Å²) in [6.07, 6.45) is -0.274. The molecule has 1 aliphatic heterocycles. The zero-order chi connectivity index (χ0) is 15.4. The predicted octanol–water partition coefficient (Wildman–Crippen LogP) is 0.969. The Labute approximate surface area is 120 Å². The molecule has 112 valence electrons. The van der Waals surface area contributed by atoms with Crippen molar-refractivity contribution in [1.82, 2.24) is 5.32 Å². The summed E-state index contributed by atoms with van der Waals surface area (Å²) in [5.74, 6) is -0.538. The number of ether oxygens (including phenoxy) is 2. The maximum absolute atomic E-state index is 11.7. The number of hydrogen-bond donors (Lipinski definition) is 3. The molecule has 2 rings (SSSR count). The summed E-state index contributed by atoms with van der Waals surface area (Å²) in [6.45, 7) is 1.37. The fraction of sp³-hybridized carbons (Fsp3) is 0.308. The lowest BCUT2D eigenvalue weighted by molar-refractivity contribution is -0.140. The van der Waals surface area contributed by atoms with E-state index >= 15 is 0 Å². The van der Waals surface area contributed by atoms with Gasteiger partial charge in [-0.2, -0.15) is 0 Å². The van der Waals surface area contributed by atoms with Gasteiger partial charge in [-0.05, 0) is 19.1 Å². The van der Waals surface area contributed by atoms with Crippen LogP contribution in [-0.2, 0) is 9.59 Å². The van der Waals surface area contributed by atoms with Gasteiger partial charge < -0.3 is 25.2 Å². The van der Waals surface area contributed by atoms with E-state index in [1.807, 2.05) is 0 Å². The molecule has 21 heavy (non-hydrogen) atoms. The van der Waals surface area contributed by atoms with E-state index in [1.165, 1.54) is 6.92 Å². The van der Waals surface area contributed by atoms with Crippen LogP contribution in [0, 0.1) is 0 Å². The van der Waals surface area contributed by atoms with Crippen molar-refractivity contribution in [3.8, 4) is 11.5 Å². The number of ketones is 1. The van der Waals surface area contributed by atoms with Crippen molar-refractivity contribution in [3.05, 3.63) is 18.2 Å². The number of hydrogen-bond acceptors (Lipinski definition) is 5. The molecule has 0 saturated heterocycles. The first-order valence-corrected chi connectivity index (χ1v) is 6.15. The van der Waals surface area contributed by atoms with Gasteiger partial charge in [0.25, 0.3) is 0 Å². The molecule has 0 bridgehead atoms. The Kier molecular flexibility index (Phi) is 4.27. The minimum absolute atomic E-state index is 0.116. The Balaban J connectivity index is 1.97. The van der Waals surface area contributed by atoms with Gasteiger partial charge in [0, 0.05) is 18.2 Å². The maximum atomic E-state index is 11.7. The van der Waals surface area contributed by atoms with E-state index in [1.54, 1.807) is 18.2 Å². The first kappa shape index (κ1) is 14.6. The van der Waals surface area contributed by atoms with Crippen LogP contribution in [0.25, 0.3) is 0 Å². The third-order valence-corrected chi connectivity index (χ3v) is 2.73. The first-order chi connectivity index (χ1) is 9.95. The Morgan fingerprint density at radius 3 is 2.67 bits per heavy atom. The topological polar surface area (TPSA) is 114 Å². The number of carboxylic acids is 1. The molecule has 0 aliphatic carbocycles. The second-order valence-electron chi connectivity index (χ2n) is 4.46. The molecule has 3 N–H and O–H groups in total. The summed E-state index contributed by atoms with van der Waals surface area (Å²) in [7, 11) is 0. The van der Waals surface area contributed by atoms with Crippen molar-refractivity contribution in [3.63, 3.8) is 0 Å². The summed E-state index contributed by atoms with van der Waals surface area (Å²) in [5, 5.41) is 13.6.